The summed E-state index contributed by atoms with van der Waals surface area (Å²) in [5.41, 5.74) is 1.37. The summed E-state index contributed by atoms with van der Waals surface area (Å²) in [4.78, 5) is 17.9. The first kappa shape index (κ1) is 20.9. The molecule has 29 heavy (non-hydrogen) atoms. The number of hydrogen-bond acceptors (Lipinski definition) is 6. The second kappa shape index (κ2) is 9.58. The van der Waals surface area contributed by atoms with Crippen LogP contribution in [0.25, 0.3) is 10.2 Å². The summed E-state index contributed by atoms with van der Waals surface area (Å²) in [6, 6.07) is 10.8. The molecule has 1 aromatic heterocycles. The fraction of sp³-hybridized carbons (Fsp3) is 0.333. The highest BCUT2D eigenvalue weighted by Gasteiger charge is 2.12. The minimum Gasteiger partial charge on any atom is -0.497 e. The van der Waals surface area contributed by atoms with Crippen LogP contribution in [0.15, 0.2) is 41.4 Å². The molecule has 0 atom stereocenters. The van der Waals surface area contributed by atoms with Gasteiger partial charge >= 0.3 is 0 Å². The largest absolute Gasteiger partial charge is 0.497 e. The van der Waals surface area contributed by atoms with Gasteiger partial charge in [-0.3, -0.25) is 4.79 Å². The predicted octanol–water partition coefficient (Wildman–Crippen LogP) is 3.51. The summed E-state index contributed by atoms with van der Waals surface area (Å²) >= 11 is 1.43. The Morgan fingerprint density at radius 2 is 1.69 bits per heavy atom. The van der Waals surface area contributed by atoms with Crippen molar-refractivity contribution in [1.29, 1.82) is 0 Å². The fourth-order valence-electron chi connectivity index (χ4n) is 2.86. The summed E-state index contributed by atoms with van der Waals surface area (Å²) in [6.45, 7) is 3.70. The number of benzene rings is 2. The number of methoxy groups -OCH3 is 3. The van der Waals surface area contributed by atoms with E-state index in [0.717, 1.165) is 16.0 Å². The second-order valence-corrected chi connectivity index (χ2v) is 7.09. The first-order valence-electron chi connectivity index (χ1n) is 9.16. The van der Waals surface area contributed by atoms with Crippen LogP contribution < -0.4 is 19.0 Å². The van der Waals surface area contributed by atoms with Gasteiger partial charge < -0.3 is 23.5 Å². The lowest BCUT2D eigenvalue weighted by molar-refractivity contribution is 0.0996. The molecule has 0 spiro atoms. The molecule has 0 aliphatic carbocycles. The van der Waals surface area contributed by atoms with Crippen molar-refractivity contribution in [3.63, 3.8) is 0 Å². The standard InChI is InChI=1S/C21H24N2O5S/c1-5-28-9-8-23-18-7-6-15(25-2)13-19(18)29-21(23)22-20(24)14-10-16(26-3)12-17(11-14)27-4/h6-7,10-13H,5,8-9H2,1-4H3. The highest BCUT2D eigenvalue weighted by atomic mass is 32.1. The monoisotopic (exact) mass is 416 g/mol. The fourth-order valence-corrected chi connectivity index (χ4v) is 3.95. The smallest absolute Gasteiger partial charge is 0.279 e. The van der Waals surface area contributed by atoms with E-state index in [1.54, 1.807) is 39.5 Å². The lowest BCUT2D eigenvalue weighted by Gasteiger charge is -2.07. The van der Waals surface area contributed by atoms with E-state index in [4.69, 9.17) is 18.9 Å². The number of amides is 1. The maximum absolute atomic E-state index is 12.9. The second-order valence-electron chi connectivity index (χ2n) is 6.09. The number of fused-ring (bicyclic) bond motifs is 1. The molecule has 0 bridgehead atoms. The van der Waals surface area contributed by atoms with E-state index in [1.165, 1.54) is 11.3 Å². The maximum Gasteiger partial charge on any atom is 0.279 e. The molecule has 7 nitrogen and oxygen atoms in total. The van der Waals surface area contributed by atoms with Gasteiger partial charge in [-0.1, -0.05) is 11.3 Å². The number of carbonyl (C=O) groups excluding carboxylic acids is 1. The third-order valence-corrected chi connectivity index (χ3v) is 5.39. The lowest BCUT2D eigenvalue weighted by atomic mass is 10.2. The molecule has 0 aliphatic heterocycles. The van der Waals surface area contributed by atoms with Gasteiger partial charge in [0.1, 0.15) is 17.2 Å². The molecule has 3 rings (SSSR count). The summed E-state index contributed by atoms with van der Waals surface area (Å²) in [5, 5.41) is 0. The van der Waals surface area contributed by atoms with E-state index in [9.17, 15) is 4.79 Å². The van der Waals surface area contributed by atoms with Crippen molar-refractivity contribution in [2.24, 2.45) is 4.99 Å². The van der Waals surface area contributed by atoms with Gasteiger partial charge in [0.05, 0.1) is 38.2 Å². The third kappa shape index (κ3) is 4.78. The zero-order valence-electron chi connectivity index (χ0n) is 16.9. The number of hydrogen-bond donors (Lipinski definition) is 0. The number of ether oxygens (including phenoxy) is 4. The maximum atomic E-state index is 12.9. The van der Waals surface area contributed by atoms with Gasteiger partial charge in [0, 0.05) is 24.8 Å². The molecule has 0 unspecified atom stereocenters. The van der Waals surface area contributed by atoms with Crippen LogP contribution >= 0.6 is 11.3 Å². The Kier molecular flexibility index (Phi) is 6.90. The molecule has 3 aromatic rings. The number of thiazole rings is 1. The summed E-state index contributed by atoms with van der Waals surface area (Å²) in [5.74, 6) is 1.46. The topological polar surface area (TPSA) is 71.3 Å². The quantitative estimate of drug-likeness (QED) is 0.526. The van der Waals surface area contributed by atoms with Crippen LogP contribution in [0.2, 0.25) is 0 Å². The Labute approximate surface area is 173 Å². The van der Waals surface area contributed by atoms with Gasteiger partial charge in [-0.05, 0) is 37.3 Å². The molecule has 2 aromatic carbocycles. The van der Waals surface area contributed by atoms with Gasteiger partial charge in [-0.25, -0.2) is 0 Å². The zero-order valence-corrected chi connectivity index (χ0v) is 17.7. The lowest BCUT2D eigenvalue weighted by Crippen LogP contribution is -2.19. The van der Waals surface area contributed by atoms with Crippen molar-refractivity contribution in [1.82, 2.24) is 4.57 Å². The molecular weight excluding hydrogens is 392 g/mol. The highest BCUT2D eigenvalue weighted by molar-refractivity contribution is 7.16. The van der Waals surface area contributed by atoms with Gasteiger partial charge in [0.2, 0.25) is 0 Å². The summed E-state index contributed by atoms with van der Waals surface area (Å²) < 4.78 is 24.3. The van der Waals surface area contributed by atoms with Crippen LogP contribution in [0.5, 0.6) is 17.2 Å². The molecule has 8 heteroatoms. The van der Waals surface area contributed by atoms with Gasteiger partial charge in [-0.15, -0.1) is 0 Å². The Morgan fingerprint density at radius 3 is 2.31 bits per heavy atom. The van der Waals surface area contributed by atoms with Crippen molar-refractivity contribution >= 4 is 27.5 Å². The average molecular weight is 416 g/mol. The number of rotatable bonds is 8. The van der Waals surface area contributed by atoms with Crippen LogP contribution in [0.3, 0.4) is 0 Å². The molecule has 0 radical (unpaired) electrons. The van der Waals surface area contributed by atoms with E-state index >= 15 is 0 Å². The molecule has 0 saturated heterocycles. The average Bonchev–Trinajstić information content (AvgIpc) is 3.09. The van der Waals surface area contributed by atoms with Crippen LogP contribution in [-0.2, 0) is 11.3 Å². The molecule has 154 valence electrons. The van der Waals surface area contributed by atoms with Gasteiger partial charge in [-0.2, -0.15) is 4.99 Å². The van der Waals surface area contributed by atoms with E-state index in [2.05, 4.69) is 4.99 Å². The number of carbonyl (C=O) groups is 1. The third-order valence-electron chi connectivity index (χ3n) is 4.35. The molecule has 0 fully saturated rings. The minimum absolute atomic E-state index is 0.370. The summed E-state index contributed by atoms with van der Waals surface area (Å²) in [6.07, 6.45) is 0. The Hall–Kier alpha value is -2.84. The van der Waals surface area contributed by atoms with E-state index < -0.39 is 0 Å². The summed E-state index contributed by atoms with van der Waals surface area (Å²) in [7, 11) is 4.71. The normalized spacial score (nSPS) is 11.7. The van der Waals surface area contributed by atoms with Crippen molar-refractivity contribution in [2.45, 2.75) is 13.5 Å². The minimum atomic E-state index is -0.370. The molecule has 1 amide bonds. The predicted molar refractivity (Wildman–Crippen MR) is 112 cm³/mol. The molecule has 0 saturated carbocycles. The molecule has 0 aliphatic rings. The number of aromatic nitrogens is 1. The van der Waals surface area contributed by atoms with Crippen molar-refractivity contribution in [3.05, 3.63) is 46.8 Å². The van der Waals surface area contributed by atoms with E-state index in [0.29, 0.717) is 41.6 Å². The van der Waals surface area contributed by atoms with Crippen molar-refractivity contribution in [3.8, 4) is 17.2 Å². The van der Waals surface area contributed by atoms with E-state index in [-0.39, 0.29) is 5.91 Å². The van der Waals surface area contributed by atoms with Crippen LogP contribution in [-0.4, -0.2) is 45.0 Å². The van der Waals surface area contributed by atoms with Crippen LogP contribution in [0, 0.1) is 0 Å². The zero-order chi connectivity index (χ0) is 20.8. The Morgan fingerprint density at radius 1 is 1.00 bits per heavy atom. The Balaban J connectivity index is 2.08. The van der Waals surface area contributed by atoms with Crippen LogP contribution in [0.1, 0.15) is 17.3 Å². The van der Waals surface area contributed by atoms with Crippen LogP contribution in [0.4, 0.5) is 0 Å². The van der Waals surface area contributed by atoms with Gasteiger partial charge in [0.25, 0.3) is 5.91 Å². The van der Waals surface area contributed by atoms with Gasteiger partial charge in [0.15, 0.2) is 4.80 Å². The SMILES string of the molecule is CCOCCn1c(=NC(=O)c2cc(OC)cc(OC)c2)sc2cc(OC)ccc21. The highest BCUT2D eigenvalue weighted by Crippen LogP contribution is 2.25. The molecule has 0 N–H and O–H groups in total. The molecular formula is C21H24N2O5S. The first-order valence-corrected chi connectivity index (χ1v) is 9.98. The Bertz CT molecular complexity index is 1050. The molecule has 1 heterocycles. The van der Waals surface area contributed by atoms with Crippen molar-refractivity contribution in [2.75, 3.05) is 34.5 Å². The van der Waals surface area contributed by atoms with E-state index in [1.807, 2.05) is 29.7 Å². The number of nitrogens with zero attached hydrogens (tertiary/aromatic N) is 2. The first-order chi connectivity index (χ1) is 14.1. The van der Waals surface area contributed by atoms with Crippen molar-refractivity contribution < 1.29 is 23.7 Å².